The van der Waals surface area contributed by atoms with E-state index < -0.39 is 6.04 Å². The third kappa shape index (κ3) is 3.17. The lowest BCUT2D eigenvalue weighted by atomic mass is 10.1. The Morgan fingerprint density at radius 1 is 1.39 bits per heavy atom. The van der Waals surface area contributed by atoms with Gasteiger partial charge in [0.1, 0.15) is 17.7 Å². The summed E-state index contributed by atoms with van der Waals surface area (Å²) in [5.41, 5.74) is 1.58. The molecule has 0 aliphatic heterocycles. The molecular weight excluding hydrogens is 313 g/mol. The molecule has 6 heteroatoms. The van der Waals surface area contributed by atoms with E-state index in [4.69, 9.17) is 0 Å². The van der Waals surface area contributed by atoms with Crippen LogP contribution in [0.15, 0.2) is 48.1 Å². The van der Waals surface area contributed by atoms with Crippen LogP contribution in [0, 0.1) is 12.7 Å². The second-order valence-electron chi connectivity index (χ2n) is 5.29. The third-order valence-corrected chi connectivity index (χ3v) is 4.66. The van der Waals surface area contributed by atoms with E-state index >= 15 is 0 Å². The zero-order valence-electron chi connectivity index (χ0n) is 12.8. The van der Waals surface area contributed by atoms with Gasteiger partial charge in [-0.3, -0.25) is 4.79 Å². The molecule has 1 atom stereocenters. The van der Waals surface area contributed by atoms with Gasteiger partial charge in [-0.1, -0.05) is 12.1 Å². The first-order valence-corrected chi connectivity index (χ1v) is 8.02. The van der Waals surface area contributed by atoms with Crippen LogP contribution in [0.5, 0.6) is 0 Å². The van der Waals surface area contributed by atoms with E-state index in [2.05, 4.69) is 10.3 Å². The van der Waals surface area contributed by atoms with Crippen molar-refractivity contribution in [1.82, 2.24) is 14.9 Å². The topological polar surface area (TPSA) is 46.9 Å². The van der Waals surface area contributed by atoms with Gasteiger partial charge in [0, 0.05) is 19.4 Å². The third-order valence-electron chi connectivity index (χ3n) is 3.64. The van der Waals surface area contributed by atoms with Crippen LogP contribution in [0.25, 0.3) is 0 Å². The van der Waals surface area contributed by atoms with Crippen LogP contribution in [-0.4, -0.2) is 15.5 Å². The predicted molar refractivity (Wildman–Crippen MR) is 88.0 cm³/mol. The Hall–Kier alpha value is -2.47. The molecule has 0 fully saturated rings. The van der Waals surface area contributed by atoms with Crippen molar-refractivity contribution in [2.24, 2.45) is 7.05 Å². The van der Waals surface area contributed by atoms with E-state index in [0.717, 1.165) is 5.56 Å². The monoisotopic (exact) mass is 329 g/mol. The molecule has 0 spiro atoms. The van der Waals surface area contributed by atoms with Crippen LogP contribution < -0.4 is 5.32 Å². The molecule has 2 heterocycles. The Balaban J connectivity index is 1.98. The number of hydrogen-bond donors (Lipinski definition) is 1. The maximum Gasteiger partial charge on any atom is 0.262 e. The number of aromatic nitrogens is 2. The van der Waals surface area contributed by atoms with Crippen molar-refractivity contribution in [2.45, 2.75) is 13.0 Å². The zero-order valence-corrected chi connectivity index (χ0v) is 13.6. The molecule has 0 radical (unpaired) electrons. The first kappa shape index (κ1) is 15.4. The fraction of sp³-hybridized carbons (Fsp3) is 0.176. The number of carbonyl (C=O) groups excluding carboxylic acids is 1. The fourth-order valence-corrected chi connectivity index (χ4v) is 3.27. The summed E-state index contributed by atoms with van der Waals surface area (Å²) >= 11 is 1.39. The van der Waals surface area contributed by atoms with Crippen LogP contribution in [0.4, 0.5) is 4.39 Å². The molecule has 2 aromatic heterocycles. The number of hydrogen-bond acceptors (Lipinski definition) is 3. The molecule has 23 heavy (non-hydrogen) atoms. The number of nitrogens with zero attached hydrogens (tertiary/aromatic N) is 2. The van der Waals surface area contributed by atoms with E-state index in [1.54, 1.807) is 24.5 Å². The minimum absolute atomic E-state index is 0.185. The number of aryl methyl sites for hydroxylation is 2. The quantitative estimate of drug-likeness (QED) is 0.797. The summed E-state index contributed by atoms with van der Waals surface area (Å²) < 4.78 is 15.4. The number of rotatable bonds is 4. The predicted octanol–water partition coefficient (Wildman–Crippen LogP) is 3.45. The SMILES string of the molecule is Cc1ccsc1C(=O)NC(c1cccc(F)c1)c1nccn1C. The van der Waals surface area contributed by atoms with Gasteiger partial charge >= 0.3 is 0 Å². The van der Waals surface area contributed by atoms with Crippen molar-refractivity contribution in [3.63, 3.8) is 0 Å². The maximum atomic E-state index is 13.6. The van der Waals surface area contributed by atoms with Gasteiger partial charge in [0.05, 0.1) is 4.88 Å². The summed E-state index contributed by atoms with van der Waals surface area (Å²) in [7, 11) is 1.84. The lowest BCUT2D eigenvalue weighted by Crippen LogP contribution is -2.31. The highest BCUT2D eigenvalue weighted by Gasteiger charge is 2.23. The van der Waals surface area contributed by atoms with Gasteiger partial charge in [-0.2, -0.15) is 0 Å². The lowest BCUT2D eigenvalue weighted by Gasteiger charge is -2.19. The van der Waals surface area contributed by atoms with Gasteiger partial charge < -0.3 is 9.88 Å². The number of carbonyl (C=O) groups is 1. The fourth-order valence-electron chi connectivity index (χ4n) is 2.44. The molecule has 0 saturated heterocycles. The van der Waals surface area contributed by atoms with Crippen molar-refractivity contribution in [3.8, 4) is 0 Å². The number of imidazole rings is 1. The number of halogens is 1. The number of amides is 1. The molecule has 0 bridgehead atoms. The highest BCUT2D eigenvalue weighted by Crippen LogP contribution is 2.23. The van der Waals surface area contributed by atoms with Crippen molar-refractivity contribution in [1.29, 1.82) is 0 Å². The van der Waals surface area contributed by atoms with Crippen LogP contribution in [-0.2, 0) is 7.05 Å². The smallest absolute Gasteiger partial charge is 0.262 e. The van der Waals surface area contributed by atoms with Crippen LogP contribution in [0.3, 0.4) is 0 Å². The van der Waals surface area contributed by atoms with Crippen LogP contribution >= 0.6 is 11.3 Å². The minimum atomic E-state index is -0.514. The molecule has 118 valence electrons. The number of thiophene rings is 1. The first-order valence-electron chi connectivity index (χ1n) is 7.14. The molecule has 3 aromatic rings. The van der Waals surface area contributed by atoms with Crippen LogP contribution in [0.2, 0.25) is 0 Å². The summed E-state index contributed by atoms with van der Waals surface area (Å²) in [6.45, 7) is 1.89. The summed E-state index contributed by atoms with van der Waals surface area (Å²) in [6.07, 6.45) is 3.45. The Morgan fingerprint density at radius 2 is 2.22 bits per heavy atom. The normalized spacial score (nSPS) is 12.1. The average Bonchev–Trinajstić information content (AvgIpc) is 3.13. The van der Waals surface area contributed by atoms with Crippen molar-refractivity contribution < 1.29 is 9.18 Å². The van der Waals surface area contributed by atoms with Gasteiger partial charge in [0.25, 0.3) is 5.91 Å². The molecular formula is C17H16FN3OS. The van der Waals surface area contributed by atoms with E-state index in [9.17, 15) is 9.18 Å². The Bertz CT molecular complexity index is 840. The minimum Gasteiger partial charge on any atom is -0.337 e. The van der Waals surface area contributed by atoms with Crippen LogP contribution in [0.1, 0.15) is 32.7 Å². The summed E-state index contributed by atoms with van der Waals surface area (Å²) in [5, 5.41) is 4.85. The van der Waals surface area contributed by atoms with E-state index in [0.29, 0.717) is 16.3 Å². The molecule has 1 unspecified atom stereocenters. The first-order chi connectivity index (χ1) is 11.1. The van der Waals surface area contributed by atoms with Gasteiger partial charge in [0.15, 0.2) is 0 Å². The molecule has 3 rings (SSSR count). The van der Waals surface area contributed by atoms with Gasteiger partial charge in [-0.05, 0) is 41.6 Å². The molecule has 0 aliphatic rings. The zero-order chi connectivity index (χ0) is 16.4. The Kier molecular flexibility index (Phi) is 4.25. The second kappa shape index (κ2) is 6.34. The van der Waals surface area contributed by atoms with Gasteiger partial charge in [-0.25, -0.2) is 9.37 Å². The lowest BCUT2D eigenvalue weighted by molar-refractivity contribution is 0.0944. The summed E-state index contributed by atoms with van der Waals surface area (Å²) in [6, 6.07) is 7.59. The standard InChI is InChI=1S/C17H16FN3OS/c1-11-6-9-23-15(11)17(22)20-14(16-19-7-8-21(16)2)12-4-3-5-13(18)10-12/h3-10,14H,1-2H3,(H,20,22). The second-order valence-corrected chi connectivity index (χ2v) is 6.21. The number of benzene rings is 1. The molecule has 1 amide bonds. The Morgan fingerprint density at radius 3 is 2.83 bits per heavy atom. The molecule has 1 aromatic carbocycles. The maximum absolute atomic E-state index is 13.6. The van der Waals surface area contributed by atoms with Gasteiger partial charge in [-0.15, -0.1) is 11.3 Å². The average molecular weight is 329 g/mol. The molecule has 1 N–H and O–H groups in total. The van der Waals surface area contributed by atoms with E-state index in [-0.39, 0.29) is 11.7 Å². The number of nitrogens with one attached hydrogen (secondary N) is 1. The Labute approximate surface area is 137 Å². The molecule has 0 aliphatic carbocycles. The summed E-state index contributed by atoms with van der Waals surface area (Å²) in [5.74, 6) is 0.121. The van der Waals surface area contributed by atoms with E-state index in [1.165, 1.54) is 23.5 Å². The van der Waals surface area contributed by atoms with Gasteiger partial charge in [0.2, 0.25) is 0 Å². The summed E-state index contributed by atoms with van der Waals surface area (Å²) in [4.78, 5) is 17.5. The van der Waals surface area contributed by atoms with Crippen molar-refractivity contribution >= 4 is 17.2 Å². The highest BCUT2D eigenvalue weighted by molar-refractivity contribution is 7.12. The molecule has 0 saturated carbocycles. The molecule has 4 nitrogen and oxygen atoms in total. The van der Waals surface area contributed by atoms with E-state index in [1.807, 2.05) is 30.0 Å². The van der Waals surface area contributed by atoms with Crippen molar-refractivity contribution in [2.75, 3.05) is 0 Å². The largest absolute Gasteiger partial charge is 0.337 e. The van der Waals surface area contributed by atoms with Crippen molar-refractivity contribution in [3.05, 3.63) is 75.8 Å². The highest BCUT2D eigenvalue weighted by atomic mass is 32.1.